The number of nitrogens with zero attached hydrogens (tertiary/aromatic N) is 1. The van der Waals surface area contributed by atoms with Gasteiger partial charge in [-0.15, -0.1) is 0 Å². The van der Waals surface area contributed by atoms with Crippen molar-refractivity contribution in [2.75, 3.05) is 13.2 Å². The van der Waals surface area contributed by atoms with Crippen LogP contribution < -0.4 is 4.74 Å². The predicted octanol–water partition coefficient (Wildman–Crippen LogP) is 6.73. The quantitative estimate of drug-likeness (QED) is 0.357. The van der Waals surface area contributed by atoms with Crippen molar-refractivity contribution in [1.82, 2.24) is 0 Å². The Morgan fingerprint density at radius 2 is 1.44 bits per heavy atom. The first kappa shape index (κ1) is 25.5. The van der Waals surface area contributed by atoms with E-state index in [0.717, 1.165) is 6.07 Å². The fraction of sp³-hybridized carbons (Fsp3) is 0.240. The third kappa shape index (κ3) is 5.01. The number of alkyl halides is 2. The molecule has 1 fully saturated rings. The molecule has 0 radical (unpaired) electrons. The van der Waals surface area contributed by atoms with Gasteiger partial charge in [-0.05, 0) is 23.8 Å². The normalized spacial score (nSPS) is 18.1. The van der Waals surface area contributed by atoms with Crippen LogP contribution in [0.15, 0.2) is 42.5 Å². The topological polar surface area (TPSA) is 51.5 Å². The van der Waals surface area contributed by atoms with Crippen molar-refractivity contribution >= 4 is 0 Å². The van der Waals surface area contributed by atoms with Gasteiger partial charge in [0.1, 0.15) is 52.0 Å². The Hall–Kier alpha value is -3.62. The van der Waals surface area contributed by atoms with Crippen LogP contribution in [0.1, 0.15) is 29.9 Å². The van der Waals surface area contributed by atoms with Crippen LogP contribution in [0.3, 0.4) is 0 Å². The van der Waals surface area contributed by atoms with Crippen LogP contribution in [0.25, 0.3) is 11.1 Å². The van der Waals surface area contributed by atoms with Crippen LogP contribution >= 0.6 is 0 Å². The molecule has 1 heterocycles. The molecular formula is C25H16F7NO3. The first-order chi connectivity index (χ1) is 17.0. The van der Waals surface area contributed by atoms with E-state index < -0.39 is 58.4 Å². The van der Waals surface area contributed by atoms with Crippen molar-refractivity contribution in [3.05, 3.63) is 88.2 Å². The molecule has 0 aromatic heterocycles. The lowest BCUT2D eigenvalue weighted by Gasteiger charge is -2.27. The summed E-state index contributed by atoms with van der Waals surface area (Å²) in [6.07, 6.45) is -5.54. The van der Waals surface area contributed by atoms with Crippen LogP contribution in [-0.2, 0) is 15.6 Å². The summed E-state index contributed by atoms with van der Waals surface area (Å²) in [6.45, 7) is 2.69. The molecular weight excluding hydrogens is 495 g/mol. The number of nitriles is 1. The zero-order chi connectivity index (χ0) is 26.2. The van der Waals surface area contributed by atoms with E-state index in [1.807, 2.05) is 6.92 Å². The van der Waals surface area contributed by atoms with Crippen LogP contribution in [0.2, 0.25) is 0 Å². The van der Waals surface area contributed by atoms with Crippen molar-refractivity contribution in [3.63, 3.8) is 0 Å². The Labute approximate surface area is 200 Å². The summed E-state index contributed by atoms with van der Waals surface area (Å²) < 4.78 is 116. The van der Waals surface area contributed by atoms with E-state index in [9.17, 15) is 30.7 Å². The molecule has 188 valence electrons. The molecule has 0 N–H and O–H groups in total. The maximum Gasteiger partial charge on any atom is 0.432 e. The maximum absolute atomic E-state index is 14.8. The van der Waals surface area contributed by atoms with Gasteiger partial charge in [0.2, 0.25) is 0 Å². The Morgan fingerprint density at radius 3 is 1.97 bits per heavy atom. The Morgan fingerprint density at radius 1 is 0.861 bits per heavy atom. The van der Waals surface area contributed by atoms with Crippen molar-refractivity contribution in [1.29, 1.82) is 5.26 Å². The minimum Gasteiger partial charge on any atom is -0.429 e. The number of halogens is 7. The highest BCUT2D eigenvalue weighted by molar-refractivity contribution is 5.65. The van der Waals surface area contributed by atoms with E-state index in [4.69, 9.17) is 14.7 Å². The lowest BCUT2D eigenvalue weighted by molar-refractivity contribution is -0.202. The van der Waals surface area contributed by atoms with E-state index in [1.54, 1.807) is 0 Å². The molecule has 1 aliphatic heterocycles. The molecule has 4 nitrogen and oxygen atoms in total. The number of rotatable bonds is 5. The largest absolute Gasteiger partial charge is 0.432 e. The molecule has 1 aliphatic rings. The molecule has 11 heteroatoms. The molecule has 4 rings (SSSR count). The zero-order valence-electron chi connectivity index (χ0n) is 18.4. The van der Waals surface area contributed by atoms with Crippen molar-refractivity contribution in [2.24, 2.45) is 5.92 Å². The number of benzene rings is 3. The van der Waals surface area contributed by atoms with Gasteiger partial charge in [-0.25, -0.2) is 22.0 Å². The molecule has 36 heavy (non-hydrogen) atoms. The van der Waals surface area contributed by atoms with E-state index in [-0.39, 0.29) is 29.2 Å². The smallest absolute Gasteiger partial charge is 0.429 e. The van der Waals surface area contributed by atoms with Gasteiger partial charge >= 0.3 is 6.11 Å². The summed E-state index contributed by atoms with van der Waals surface area (Å²) in [5, 5.41) is 8.65. The summed E-state index contributed by atoms with van der Waals surface area (Å²) in [5.74, 6) is -8.44. The summed E-state index contributed by atoms with van der Waals surface area (Å²) >= 11 is 0. The van der Waals surface area contributed by atoms with Gasteiger partial charge < -0.3 is 14.2 Å². The monoisotopic (exact) mass is 511 g/mol. The van der Waals surface area contributed by atoms with E-state index in [1.165, 1.54) is 18.2 Å². The molecule has 0 unspecified atom stereocenters. The SMILES string of the molecule is CC1COC(c2ccc(-c3cc(F)c(C(F)(F)Oc4cc(F)c(C#N)c(F)c4)c(F)c3)c(F)c2)OC1. The minimum atomic E-state index is -4.71. The zero-order valence-corrected chi connectivity index (χ0v) is 18.4. The van der Waals surface area contributed by atoms with E-state index >= 15 is 0 Å². The highest BCUT2D eigenvalue weighted by atomic mass is 19.3. The van der Waals surface area contributed by atoms with Gasteiger partial charge in [-0.3, -0.25) is 0 Å². The first-order valence-corrected chi connectivity index (χ1v) is 10.5. The molecule has 0 amide bonds. The summed E-state index contributed by atoms with van der Waals surface area (Å²) in [6, 6.07) is 6.35. The lowest BCUT2D eigenvalue weighted by Crippen LogP contribution is -2.25. The van der Waals surface area contributed by atoms with Gasteiger partial charge in [-0.2, -0.15) is 14.0 Å². The molecule has 0 spiro atoms. The highest BCUT2D eigenvalue weighted by Crippen LogP contribution is 2.38. The second kappa shape index (κ2) is 9.79. The van der Waals surface area contributed by atoms with Gasteiger partial charge in [0.15, 0.2) is 6.29 Å². The average Bonchev–Trinajstić information content (AvgIpc) is 2.78. The standard InChI is InChI=1S/C25H16F7NO3/c1-12-10-34-24(35-11-12)13-2-3-16(18(26)4-13)14-5-21(29)23(22(30)6-14)25(31,32)36-15-7-19(27)17(9-33)20(28)8-15/h2-8,12,24H,10-11H2,1H3. The van der Waals surface area contributed by atoms with Crippen LogP contribution in [0.4, 0.5) is 30.7 Å². The predicted molar refractivity (Wildman–Crippen MR) is 111 cm³/mol. The van der Waals surface area contributed by atoms with Gasteiger partial charge in [0, 0.05) is 29.2 Å². The summed E-state index contributed by atoms with van der Waals surface area (Å²) in [4.78, 5) is 0. The maximum atomic E-state index is 14.8. The minimum absolute atomic E-state index is 0.159. The molecule has 0 saturated carbocycles. The molecule has 0 bridgehead atoms. The Balaban J connectivity index is 1.62. The fourth-order valence-corrected chi connectivity index (χ4v) is 3.63. The van der Waals surface area contributed by atoms with Gasteiger partial charge in [-0.1, -0.05) is 19.1 Å². The molecule has 1 saturated heterocycles. The average molecular weight is 511 g/mol. The Bertz CT molecular complexity index is 1300. The van der Waals surface area contributed by atoms with Crippen molar-refractivity contribution in [3.8, 4) is 22.9 Å². The third-order valence-electron chi connectivity index (χ3n) is 5.35. The molecule has 0 aliphatic carbocycles. The van der Waals surface area contributed by atoms with Crippen molar-refractivity contribution < 1.29 is 44.9 Å². The van der Waals surface area contributed by atoms with E-state index in [0.29, 0.717) is 30.9 Å². The van der Waals surface area contributed by atoms with Crippen LogP contribution in [0, 0.1) is 46.3 Å². The second-order valence-electron chi connectivity index (χ2n) is 8.15. The number of ether oxygens (including phenoxy) is 3. The van der Waals surface area contributed by atoms with Crippen molar-refractivity contribution in [2.45, 2.75) is 19.3 Å². The molecule has 0 atom stereocenters. The Kier molecular flexibility index (Phi) is 6.93. The lowest BCUT2D eigenvalue weighted by atomic mass is 10.00. The van der Waals surface area contributed by atoms with Gasteiger partial charge in [0.05, 0.1) is 13.2 Å². The van der Waals surface area contributed by atoms with Crippen LogP contribution in [0.5, 0.6) is 5.75 Å². The van der Waals surface area contributed by atoms with Gasteiger partial charge in [0.25, 0.3) is 0 Å². The second-order valence-corrected chi connectivity index (χ2v) is 8.15. The number of hydrogen-bond acceptors (Lipinski definition) is 4. The fourth-order valence-electron chi connectivity index (χ4n) is 3.63. The summed E-state index contributed by atoms with van der Waals surface area (Å²) in [7, 11) is 0. The van der Waals surface area contributed by atoms with E-state index in [2.05, 4.69) is 4.74 Å². The molecule has 3 aromatic carbocycles. The highest BCUT2D eigenvalue weighted by Gasteiger charge is 2.41. The van der Waals surface area contributed by atoms with Crippen LogP contribution in [-0.4, -0.2) is 13.2 Å². The third-order valence-corrected chi connectivity index (χ3v) is 5.35. The molecule has 3 aromatic rings. The first-order valence-electron chi connectivity index (χ1n) is 10.5. The number of hydrogen-bond donors (Lipinski definition) is 0. The summed E-state index contributed by atoms with van der Waals surface area (Å²) in [5.41, 5.74) is -3.25.